The van der Waals surface area contributed by atoms with Crippen LogP contribution in [0.15, 0.2) is 18.2 Å². The molecule has 1 aromatic carbocycles. The number of hydrogen-bond donors (Lipinski definition) is 1. The van der Waals surface area contributed by atoms with Gasteiger partial charge in [0.2, 0.25) is 0 Å². The molecule has 78 valence electrons. The third kappa shape index (κ3) is 1.57. The van der Waals surface area contributed by atoms with E-state index in [2.05, 4.69) is 0 Å². The summed E-state index contributed by atoms with van der Waals surface area (Å²) < 4.78 is 5.72. The predicted molar refractivity (Wildman–Crippen MR) is 62.3 cm³/mol. The number of hydrogen-bond acceptors (Lipinski definition) is 4. The molecule has 0 saturated heterocycles. The van der Waals surface area contributed by atoms with Crippen molar-refractivity contribution >= 4 is 32.4 Å². The topological polar surface area (TPSA) is 52.3 Å². The standard InChI is InChI=1S/C11H11NO2S/c1-6-3-4-8-7(5-6)9(10(12)15-8)11(13)14-2/h3-5H,12H2,1-2H3. The Balaban J connectivity index is 2.76. The van der Waals surface area contributed by atoms with E-state index in [-0.39, 0.29) is 5.97 Å². The van der Waals surface area contributed by atoms with Crippen LogP contribution in [0, 0.1) is 6.92 Å². The number of benzene rings is 1. The van der Waals surface area contributed by atoms with Crippen LogP contribution in [0.3, 0.4) is 0 Å². The van der Waals surface area contributed by atoms with Gasteiger partial charge in [0.15, 0.2) is 0 Å². The van der Waals surface area contributed by atoms with Crippen LogP contribution in [0.2, 0.25) is 0 Å². The number of fused-ring (bicyclic) bond motifs is 1. The zero-order valence-corrected chi connectivity index (χ0v) is 9.35. The van der Waals surface area contributed by atoms with E-state index in [0.29, 0.717) is 10.6 Å². The zero-order chi connectivity index (χ0) is 11.0. The second-order valence-electron chi connectivity index (χ2n) is 3.33. The van der Waals surface area contributed by atoms with Crippen molar-refractivity contribution in [3.63, 3.8) is 0 Å². The summed E-state index contributed by atoms with van der Waals surface area (Å²) >= 11 is 1.41. The maximum Gasteiger partial charge on any atom is 0.341 e. The maximum absolute atomic E-state index is 11.5. The number of aryl methyl sites for hydroxylation is 1. The van der Waals surface area contributed by atoms with Gasteiger partial charge in [-0.25, -0.2) is 4.79 Å². The quantitative estimate of drug-likeness (QED) is 0.753. The molecule has 0 saturated carbocycles. The van der Waals surface area contributed by atoms with Crippen LogP contribution in [0.4, 0.5) is 5.00 Å². The second-order valence-corrected chi connectivity index (χ2v) is 4.42. The van der Waals surface area contributed by atoms with Crippen LogP contribution in [0.5, 0.6) is 0 Å². The van der Waals surface area contributed by atoms with Crippen LogP contribution >= 0.6 is 11.3 Å². The van der Waals surface area contributed by atoms with E-state index in [1.165, 1.54) is 18.4 Å². The molecule has 2 rings (SSSR count). The monoisotopic (exact) mass is 221 g/mol. The number of carbonyl (C=O) groups is 1. The Morgan fingerprint density at radius 2 is 2.20 bits per heavy atom. The molecule has 0 radical (unpaired) electrons. The Morgan fingerprint density at radius 1 is 1.47 bits per heavy atom. The van der Waals surface area contributed by atoms with Gasteiger partial charge in [-0.15, -0.1) is 11.3 Å². The first-order valence-corrected chi connectivity index (χ1v) is 5.32. The molecule has 15 heavy (non-hydrogen) atoms. The number of methoxy groups -OCH3 is 1. The zero-order valence-electron chi connectivity index (χ0n) is 8.53. The lowest BCUT2D eigenvalue weighted by atomic mass is 10.1. The van der Waals surface area contributed by atoms with Gasteiger partial charge in [-0.2, -0.15) is 0 Å². The average Bonchev–Trinajstić information content (AvgIpc) is 2.52. The van der Waals surface area contributed by atoms with Crippen LogP contribution in [-0.4, -0.2) is 13.1 Å². The summed E-state index contributed by atoms with van der Waals surface area (Å²) in [6.45, 7) is 1.98. The third-order valence-corrected chi connectivity index (χ3v) is 3.26. The highest BCUT2D eigenvalue weighted by atomic mass is 32.1. The lowest BCUT2D eigenvalue weighted by Crippen LogP contribution is -2.02. The van der Waals surface area contributed by atoms with Gasteiger partial charge in [-0.05, 0) is 19.1 Å². The van der Waals surface area contributed by atoms with Gasteiger partial charge in [0.05, 0.1) is 7.11 Å². The van der Waals surface area contributed by atoms with Gasteiger partial charge in [0.25, 0.3) is 0 Å². The van der Waals surface area contributed by atoms with Gasteiger partial charge in [0, 0.05) is 10.1 Å². The normalized spacial score (nSPS) is 10.5. The van der Waals surface area contributed by atoms with Gasteiger partial charge in [-0.1, -0.05) is 11.6 Å². The first-order valence-electron chi connectivity index (χ1n) is 4.50. The van der Waals surface area contributed by atoms with Crippen molar-refractivity contribution in [2.75, 3.05) is 12.8 Å². The van der Waals surface area contributed by atoms with Crippen molar-refractivity contribution in [2.24, 2.45) is 0 Å². The Morgan fingerprint density at radius 3 is 2.87 bits per heavy atom. The second kappa shape index (κ2) is 3.55. The van der Waals surface area contributed by atoms with E-state index in [0.717, 1.165) is 15.6 Å². The molecule has 0 aliphatic rings. The number of carbonyl (C=O) groups excluding carboxylic acids is 1. The molecular weight excluding hydrogens is 210 g/mol. The molecule has 0 atom stereocenters. The summed E-state index contributed by atoms with van der Waals surface area (Å²) in [5.74, 6) is -0.371. The minimum atomic E-state index is -0.371. The molecular formula is C11H11NO2S. The molecule has 0 bridgehead atoms. The highest BCUT2D eigenvalue weighted by Gasteiger charge is 2.17. The van der Waals surface area contributed by atoms with E-state index in [4.69, 9.17) is 10.5 Å². The Labute approximate surface area is 91.5 Å². The summed E-state index contributed by atoms with van der Waals surface area (Å²) in [5.41, 5.74) is 7.39. The lowest BCUT2D eigenvalue weighted by Gasteiger charge is -1.99. The van der Waals surface area contributed by atoms with Crippen LogP contribution in [0.1, 0.15) is 15.9 Å². The molecule has 0 amide bonds. The van der Waals surface area contributed by atoms with Crippen molar-refractivity contribution < 1.29 is 9.53 Å². The van der Waals surface area contributed by atoms with Crippen molar-refractivity contribution in [3.8, 4) is 0 Å². The molecule has 0 spiro atoms. The minimum absolute atomic E-state index is 0.371. The molecule has 2 aromatic rings. The van der Waals surface area contributed by atoms with E-state index in [1.807, 2.05) is 25.1 Å². The molecule has 0 unspecified atom stereocenters. The summed E-state index contributed by atoms with van der Waals surface area (Å²) in [6.07, 6.45) is 0. The van der Waals surface area contributed by atoms with Crippen molar-refractivity contribution in [1.82, 2.24) is 0 Å². The molecule has 2 N–H and O–H groups in total. The van der Waals surface area contributed by atoms with Crippen LogP contribution < -0.4 is 5.73 Å². The van der Waals surface area contributed by atoms with Gasteiger partial charge in [0.1, 0.15) is 10.6 Å². The number of esters is 1. The minimum Gasteiger partial charge on any atom is -0.465 e. The lowest BCUT2D eigenvalue weighted by molar-refractivity contribution is 0.0604. The number of thiophene rings is 1. The van der Waals surface area contributed by atoms with Crippen molar-refractivity contribution in [2.45, 2.75) is 6.92 Å². The molecule has 0 fully saturated rings. The Kier molecular flexibility index (Phi) is 2.36. The van der Waals surface area contributed by atoms with Crippen molar-refractivity contribution in [1.29, 1.82) is 0 Å². The van der Waals surface area contributed by atoms with Gasteiger partial charge in [-0.3, -0.25) is 0 Å². The summed E-state index contributed by atoms with van der Waals surface area (Å²) in [4.78, 5) is 11.5. The third-order valence-electron chi connectivity index (χ3n) is 2.26. The largest absolute Gasteiger partial charge is 0.465 e. The first-order chi connectivity index (χ1) is 7.13. The Bertz CT molecular complexity index is 531. The highest BCUT2D eigenvalue weighted by Crippen LogP contribution is 2.34. The van der Waals surface area contributed by atoms with Gasteiger partial charge < -0.3 is 10.5 Å². The highest BCUT2D eigenvalue weighted by molar-refractivity contribution is 7.23. The number of anilines is 1. The molecule has 4 heteroatoms. The Hall–Kier alpha value is -1.55. The van der Waals surface area contributed by atoms with E-state index in [1.54, 1.807) is 0 Å². The van der Waals surface area contributed by atoms with Crippen molar-refractivity contribution in [3.05, 3.63) is 29.3 Å². The number of ether oxygens (including phenoxy) is 1. The first kappa shape index (κ1) is 9.98. The molecule has 3 nitrogen and oxygen atoms in total. The maximum atomic E-state index is 11.5. The van der Waals surface area contributed by atoms with E-state index >= 15 is 0 Å². The number of nitrogen functional groups attached to an aromatic ring is 1. The molecule has 0 aliphatic heterocycles. The molecule has 1 heterocycles. The molecule has 1 aromatic heterocycles. The number of rotatable bonds is 1. The summed E-state index contributed by atoms with van der Waals surface area (Å²) in [7, 11) is 1.36. The fourth-order valence-corrected chi connectivity index (χ4v) is 2.48. The SMILES string of the molecule is COC(=O)c1c(N)sc2ccc(C)cc12. The summed E-state index contributed by atoms with van der Waals surface area (Å²) in [6, 6.07) is 5.92. The van der Waals surface area contributed by atoms with Crippen LogP contribution in [0.25, 0.3) is 10.1 Å². The van der Waals surface area contributed by atoms with Crippen LogP contribution in [-0.2, 0) is 4.74 Å². The fourth-order valence-electron chi connectivity index (χ4n) is 1.54. The predicted octanol–water partition coefficient (Wildman–Crippen LogP) is 2.58. The fraction of sp³-hybridized carbons (Fsp3) is 0.182. The van der Waals surface area contributed by atoms with E-state index in [9.17, 15) is 4.79 Å². The smallest absolute Gasteiger partial charge is 0.341 e. The van der Waals surface area contributed by atoms with E-state index < -0.39 is 0 Å². The average molecular weight is 221 g/mol. The molecule has 0 aliphatic carbocycles. The van der Waals surface area contributed by atoms with Gasteiger partial charge >= 0.3 is 5.97 Å². The summed E-state index contributed by atoms with van der Waals surface area (Å²) in [5, 5.41) is 1.40. The number of nitrogens with two attached hydrogens (primary N) is 1.